The van der Waals surface area contributed by atoms with Crippen LogP contribution in [0.25, 0.3) is 0 Å². The van der Waals surface area contributed by atoms with Gasteiger partial charge in [0.1, 0.15) is 0 Å². The number of rotatable bonds is 6. The SMILES string of the molecule is COC(=O)C(C)(Oc1nc(OC)cc(OC)n1)c1ccccc1. The minimum atomic E-state index is -1.41. The van der Waals surface area contributed by atoms with Crippen LogP contribution in [0.3, 0.4) is 0 Å². The molecule has 0 aliphatic heterocycles. The van der Waals surface area contributed by atoms with Crippen molar-refractivity contribution in [3.05, 3.63) is 42.0 Å². The van der Waals surface area contributed by atoms with Crippen LogP contribution < -0.4 is 14.2 Å². The largest absolute Gasteiger partial charge is 0.481 e. The zero-order valence-electron chi connectivity index (χ0n) is 13.4. The molecule has 0 fully saturated rings. The second-order valence-electron chi connectivity index (χ2n) is 4.73. The van der Waals surface area contributed by atoms with E-state index in [0.717, 1.165) is 0 Å². The van der Waals surface area contributed by atoms with Gasteiger partial charge in [-0.2, -0.15) is 9.97 Å². The summed E-state index contributed by atoms with van der Waals surface area (Å²) in [6.45, 7) is 1.59. The molecule has 0 N–H and O–H groups in total. The Hall–Kier alpha value is -2.83. The Morgan fingerprint density at radius 3 is 2.04 bits per heavy atom. The molecule has 1 unspecified atom stereocenters. The third-order valence-electron chi connectivity index (χ3n) is 3.27. The normalized spacial score (nSPS) is 12.9. The van der Waals surface area contributed by atoms with Gasteiger partial charge in [-0.15, -0.1) is 0 Å². The fourth-order valence-corrected chi connectivity index (χ4v) is 1.99. The lowest BCUT2D eigenvalue weighted by atomic mass is 9.96. The van der Waals surface area contributed by atoms with Crippen molar-refractivity contribution in [1.29, 1.82) is 0 Å². The molecule has 23 heavy (non-hydrogen) atoms. The Morgan fingerprint density at radius 2 is 1.57 bits per heavy atom. The molecule has 2 rings (SSSR count). The predicted molar refractivity (Wildman–Crippen MR) is 81.6 cm³/mol. The van der Waals surface area contributed by atoms with Crippen LogP contribution in [-0.2, 0) is 15.1 Å². The van der Waals surface area contributed by atoms with Gasteiger partial charge >= 0.3 is 12.0 Å². The molecule has 1 heterocycles. The first kappa shape index (κ1) is 16.5. The van der Waals surface area contributed by atoms with Gasteiger partial charge in [-0.1, -0.05) is 30.3 Å². The number of hydrogen-bond donors (Lipinski definition) is 0. The first-order valence-corrected chi connectivity index (χ1v) is 6.83. The fraction of sp³-hybridized carbons (Fsp3) is 0.312. The molecule has 7 nitrogen and oxygen atoms in total. The quantitative estimate of drug-likeness (QED) is 0.753. The molecule has 0 saturated heterocycles. The molecular weight excluding hydrogens is 300 g/mol. The van der Waals surface area contributed by atoms with E-state index in [-0.39, 0.29) is 17.8 Å². The molecule has 0 aliphatic carbocycles. The third kappa shape index (κ3) is 3.50. The van der Waals surface area contributed by atoms with E-state index >= 15 is 0 Å². The van der Waals surface area contributed by atoms with Crippen molar-refractivity contribution in [3.8, 4) is 17.8 Å². The van der Waals surface area contributed by atoms with Crippen molar-refractivity contribution >= 4 is 5.97 Å². The van der Waals surface area contributed by atoms with E-state index in [1.165, 1.54) is 27.4 Å². The van der Waals surface area contributed by atoms with Gasteiger partial charge in [0, 0.05) is 5.56 Å². The van der Waals surface area contributed by atoms with Gasteiger partial charge in [-0.25, -0.2) is 4.79 Å². The van der Waals surface area contributed by atoms with Gasteiger partial charge in [0.2, 0.25) is 17.4 Å². The van der Waals surface area contributed by atoms with Gasteiger partial charge in [0.15, 0.2) is 0 Å². The molecule has 1 atom stereocenters. The molecule has 1 aromatic heterocycles. The average molecular weight is 318 g/mol. The van der Waals surface area contributed by atoms with E-state index in [1.54, 1.807) is 31.2 Å². The van der Waals surface area contributed by atoms with Crippen LogP contribution in [0.5, 0.6) is 17.8 Å². The highest BCUT2D eigenvalue weighted by Gasteiger charge is 2.40. The Kier molecular flexibility index (Phi) is 5.00. The smallest absolute Gasteiger partial charge is 0.354 e. The first-order valence-electron chi connectivity index (χ1n) is 6.83. The van der Waals surface area contributed by atoms with Crippen LogP contribution in [0.4, 0.5) is 0 Å². The van der Waals surface area contributed by atoms with Gasteiger partial charge in [-0.3, -0.25) is 0 Å². The van der Waals surface area contributed by atoms with Crippen molar-refractivity contribution in [1.82, 2.24) is 9.97 Å². The summed E-state index contributed by atoms with van der Waals surface area (Å²) in [5, 5.41) is 0. The maximum atomic E-state index is 12.3. The molecule has 0 aliphatic rings. The summed E-state index contributed by atoms with van der Waals surface area (Å²) < 4.78 is 20.8. The summed E-state index contributed by atoms with van der Waals surface area (Å²) in [7, 11) is 4.21. The highest BCUT2D eigenvalue weighted by Crippen LogP contribution is 2.29. The zero-order valence-corrected chi connectivity index (χ0v) is 13.4. The maximum Gasteiger partial charge on any atom is 0.354 e. The van der Waals surface area contributed by atoms with Crippen molar-refractivity contribution in [3.63, 3.8) is 0 Å². The van der Waals surface area contributed by atoms with Crippen molar-refractivity contribution < 1.29 is 23.7 Å². The Morgan fingerprint density at radius 1 is 1.00 bits per heavy atom. The summed E-state index contributed by atoms with van der Waals surface area (Å²) in [6.07, 6.45) is 0. The Bertz CT molecular complexity index is 655. The van der Waals surface area contributed by atoms with Crippen molar-refractivity contribution in [2.75, 3.05) is 21.3 Å². The molecule has 0 saturated carbocycles. The summed E-state index contributed by atoms with van der Waals surface area (Å²) in [6, 6.07) is 10.4. The van der Waals surface area contributed by atoms with Crippen LogP contribution >= 0.6 is 0 Å². The summed E-state index contributed by atoms with van der Waals surface area (Å²) in [5.41, 5.74) is -0.801. The van der Waals surface area contributed by atoms with E-state index in [9.17, 15) is 4.79 Å². The molecular formula is C16H18N2O5. The monoisotopic (exact) mass is 318 g/mol. The molecule has 122 valence electrons. The minimum Gasteiger partial charge on any atom is -0.481 e. The topological polar surface area (TPSA) is 79.8 Å². The molecule has 1 aromatic carbocycles. The summed E-state index contributed by atoms with van der Waals surface area (Å²) in [5.74, 6) is -0.0617. The second kappa shape index (κ2) is 6.95. The van der Waals surface area contributed by atoms with Crippen LogP contribution in [-0.4, -0.2) is 37.3 Å². The van der Waals surface area contributed by atoms with E-state index in [0.29, 0.717) is 5.56 Å². The standard InChI is InChI=1S/C16H18N2O5/c1-16(14(19)22-4,11-8-6-5-7-9-11)23-15-17-12(20-2)10-13(18-15)21-3/h5-10H,1-4H3. The lowest BCUT2D eigenvalue weighted by molar-refractivity contribution is -0.159. The Balaban J connectivity index is 2.45. The van der Waals surface area contributed by atoms with Crippen molar-refractivity contribution in [2.45, 2.75) is 12.5 Å². The summed E-state index contributed by atoms with van der Waals surface area (Å²) in [4.78, 5) is 20.4. The Labute approximate surface area is 134 Å². The molecule has 0 spiro atoms. The fourth-order valence-electron chi connectivity index (χ4n) is 1.99. The van der Waals surface area contributed by atoms with E-state index in [4.69, 9.17) is 18.9 Å². The number of carbonyl (C=O) groups is 1. The number of benzene rings is 1. The average Bonchev–Trinajstić information content (AvgIpc) is 2.61. The zero-order chi connectivity index (χ0) is 16.9. The highest BCUT2D eigenvalue weighted by molar-refractivity contribution is 5.81. The van der Waals surface area contributed by atoms with E-state index in [1.807, 2.05) is 6.07 Å². The predicted octanol–water partition coefficient (Wildman–Crippen LogP) is 1.96. The lowest BCUT2D eigenvalue weighted by Crippen LogP contribution is -2.40. The highest BCUT2D eigenvalue weighted by atomic mass is 16.6. The van der Waals surface area contributed by atoms with Gasteiger partial charge < -0.3 is 18.9 Å². The molecule has 2 aromatic rings. The number of hydrogen-bond acceptors (Lipinski definition) is 7. The minimum absolute atomic E-state index is 0.0575. The summed E-state index contributed by atoms with van der Waals surface area (Å²) >= 11 is 0. The van der Waals surface area contributed by atoms with Gasteiger partial charge in [0.25, 0.3) is 0 Å². The van der Waals surface area contributed by atoms with E-state index in [2.05, 4.69) is 9.97 Å². The van der Waals surface area contributed by atoms with Crippen LogP contribution in [0.2, 0.25) is 0 Å². The number of carbonyl (C=O) groups excluding carboxylic acids is 1. The van der Waals surface area contributed by atoms with E-state index < -0.39 is 11.6 Å². The number of aromatic nitrogens is 2. The van der Waals surface area contributed by atoms with Crippen LogP contribution in [0.1, 0.15) is 12.5 Å². The number of methoxy groups -OCH3 is 3. The number of ether oxygens (including phenoxy) is 4. The molecule has 0 radical (unpaired) electrons. The van der Waals surface area contributed by atoms with Crippen molar-refractivity contribution in [2.24, 2.45) is 0 Å². The maximum absolute atomic E-state index is 12.3. The van der Waals surface area contributed by atoms with Gasteiger partial charge in [0.05, 0.1) is 27.4 Å². The first-order chi connectivity index (χ1) is 11.0. The molecule has 7 heteroatoms. The van der Waals surface area contributed by atoms with Crippen LogP contribution in [0, 0.1) is 0 Å². The third-order valence-corrected chi connectivity index (χ3v) is 3.27. The van der Waals surface area contributed by atoms with Gasteiger partial charge in [-0.05, 0) is 6.92 Å². The molecule has 0 bridgehead atoms. The number of nitrogens with zero attached hydrogens (tertiary/aromatic N) is 2. The lowest BCUT2D eigenvalue weighted by Gasteiger charge is -2.27. The molecule has 0 amide bonds. The number of esters is 1. The second-order valence-corrected chi connectivity index (χ2v) is 4.73. The van der Waals surface area contributed by atoms with Crippen LogP contribution in [0.15, 0.2) is 36.4 Å².